The molecule has 2 aliphatic rings. The zero-order valence-corrected chi connectivity index (χ0v) is 17.0. The van der Waals surface area contributed by atoms with E-state index in [0.717, 1.165) is 57.1 Å². The van der Waals surface area contributed by atoms with Crippen LogP contribution in [0, 0.1) is 6.92 Å². The van der Waals surface area contributed by atoms with Crippen LogP contribution in [0.3, 0.4) is 0 Å². The third-order valence-corrected chi connectivity index (χ3v) is 5.73. The van der Waals surface area contributed by atoms with Gasteiger partial charge in [0.1, 0.15) is 5.75 Å². The maximum absolute atomic E-state index is 12.9. The number of hydrogen-bond acceptors (Lipinski definition) is 6. The number of nitrogens with zero attached hydrogens (tertiary/aromatic N) is 4. The van der Waals surface area contributed by atoms with E-state index in [-0.39, 0.29) is 5.91 Å². The van der Waals surface area contributed by atoms with Crippen molar-refractivity contribution in [1.29, 1.82) is 0 Å². The number of fused-ring (bicyclic) bond motifs is 1. The normalized spacial score (nSPS) is 16.4. The first-order chi connectivity index (χ1) is 14.7. The Kier molecular flexibility index (Phi) is 4.96. The molecule has 0 unspecified atom stereocenters. The van der Waals surface area contributed by atoms with Gasteiger partial charge in [0.15, 0.2) is 5.82 Å². The molecule has 3 aromatic rings. The van der Waals surface area contributed by atoms with E-state index in [9.17, 15) is 4.79 Å². The summed E-state index contributed by atoms with van der Waals surface area (Å²) in [5.74, 6) is 2.15. The molecule has 1 fully saturated rings. The zero-order chi connectivity index (χ0) is 20.5. The molecule has 30 heavy (non-hydrogen) atoms. The molecule has 1 amide bonds. The summed E-state index contributed by atoms with van der Waals surface area (Å²) in [5, 5.41) is 3.81. The lowest BCUT2D eigenvalue weighted by molar-refractivity contribution is 0.0628. The lowest BCUT2D eigenvalue weighted by Crippen LogP contribution is -2.48. The van der Waals surface area contributed by atoms with E-state index in [2.05, 4.69) is 33.2 Å². The van der Waals surface area contributed by atoms with Gasteiger partial charge in [-0.15, -0.1) is 0 Å². The topological polar surface area (TPSA) is 71.7 Å². The molecule has 3 heterocycles. The Morgan fingerprint density at radius 1 is 1.07 bits per heavy atom. The quantitative estimate of drug-likeness (QED) is 0.666. The summed E-state index contributed by atoms with van der Waals surface area (Å²) in [6.07, 6.45) is 0.996. The van der Waals surface area contributed by atoms with Crippen LogP contribution in [0.25, 0.3) is 11.5 Å². The van der Waals surface area contributed by atoms with Crippen molar-refractivity contribution in [3.8, 4) is 17.2 Å². The van der Waals surface area contributed by atoms with Crippen LogP contribution in [0.4, 0.5) is 0 Å². The van der Waals surface area contributed by atoms with E-state index in [1.165, 1.54) is 11.1 Å². The van der Waals surface area contributed by atoms with Crippen LogP contribution < -0.4 is 4.74 Å². The Bertz CT molecular complexity index is 1050. The molecule has 2 aliphatic heterocycles. The number of carbonyl (C=O) groups is 1. The molecule has 0 N–H and O–H groups in total. The second-order valence-electron chi connectivity index (χ2n) is 7.83. The number of benzene rings is 2. The van der Waals surface area contributed by atoms with Gasteiger partial charge in [-0.3, -0.25) is 9.69 Å². The molecule has 1 aromatic heterocycles. The van der Waals surface area contributed by atoms with Gasteiger partial charge >= 0.3 is 0 Å². The summed E-state index contributed by atoms with van der Waals surface area (Å²) in [4.78, 5) is 21.4. The molecule has 0 bridgehead atoms. The van der Waals surface area contributed by atoms with Crippen LogP contribution in [0.1, 0.15) is 27.3 Å². The van der Waals surface area contributed by atoms with Crippen molar-refractivity contribution in [2.45, 2.75) is 19.9 Å². The molecule has 7 nitrogen and oxygen atoms in total. The molecule has 1 saturated heterocycles. The standard InChI is InChI=1S/C23H24N4O3/c1-16-24-22(30-25-16)18-3-5-19(6-4-18)23(28)27-11-9-26(10-12-27)15-17-2-7-21-20(14-17)8-13-29-21/h2-7,14H,8-13,15H2,1H3. The number of rotatable bonds is 4. The highest BCUT2D eigenvalue weighted by Gasteiger charge is 2.23. The predicted octanol–water partition coefficient (Wildman–Crippen LogP) is 2.94. The highest BCUT2D eigenvalue weighted by molar-refractivity contribution is 5.94. The Morgan fingerprint density at radius 2 is 1.87 bits per heavy atom. The predicted molar refractivity (Wildman–Crippen MR) is 111 cm³/mol. The molecular formula is C23H24N4O3. The molecule has 5 rings (SSSR count). The molecule has 0 atom stereocenters. The zero-order valence-electron chi connectivity index (χ0n) is 17.0. The molecule has 0 spiro atoms. The van der Waals surface area contributed by atoms with Gasteiger partial charge in [0.2, 0.25) is 0 Å². The monoisotopic (exact) mass is 404 g/mol. The number of hydrogen-bond donors (Lipinski definition) is 0. The number of carbonyl (C=O) groups excluding carboxylic acids is 1. The van der Waals surface area contributed by atoms with Gasteiger partial charge in [-0.25, -0.2) is 0 Å². The third-order valence-electron chi connectivity index (χ3n) is 5.73. The fraction of sp³-hybridized carbons (Fsp3) is 0.348. The van der Waals surface area contributed by atoms with E-state index in [4.69, 9.17) is 9.26 Å². The average molecular weight is 404 g/mol. The molecule has 0 saturated carbocycles. The fourth-order valence-corrected chi connectivity index (χ4v) is 4.06. The summed E-state index contributed by atoms with van der Waals surface area (Å²) >= 11 is 0. The van der Waals surface area contributed by atoms with Crippen LogP contribution >= 0.6 is 0 Å². The van der Waals surface area contributed by atoms with Crippen LogP contribution in [0.15, 0.2) is 47.0 Å². The second kappa shape index (κ2) is 7.91. The molecule has 0 aliphatic carbocycles. The van der Waals surface area contributed by atoms with Crippen molar-refractivity contribution in [1.82, 2.24) is 19.9 Å². The minimum Gasteiger partial charge on any atom is -0.493 e. The SMILES string of the molecule is Cc1noc(-c2ccc(C(=O)N3CCN(Cc4ccc5c(c4)CCO5)CC3)cc2)n1. The van der Waals surface area contributed by atoms with Gasteiger partial charge < -0.3 is 14.2 Å². The Morgan fingerprint density at radius 3 is 2.60 bits per heavy atom. The van der Waals surface area contributed by atoms with Crippen molar-refractivity contribution in [2.75, 3.05) is 32.8 Å². The second-order valence-corrected chi connectivity index (χ2v) is 7.83. The summed E-state index contributed by atoms with van der Waals surface area (Å²) in [5.41, 5.74) is 4.12. The van der Waals surface area contributed by atoms with Gasteiger partial charge in [-0.1, -0.05) is 17.3 Å². The smallest absolute Gasteiger partial charge is 0.257 e. The minimum absolute atomic E-state index is 0.0672. The summed E-state index contributed by atoms with van der Waals surface area (Å²) in [6, 6.07) is 13.9. The van der Waals surface area contributed by atoms with Crippen molar-refractivity contribution >= 4 is 5.91 Å². The number of ether oxygens (including phenoxy) is 1. The Labute approximate surface area is 175 Å². The lowest BCUT2D eigenvalue weighted by Gasteiger charge is -2.34. The lowest BCUT2D eigenvalue weighted by atomic mass is 10.1. The number of aryl methyl sites for hydroxylation is 1. The third kappa shape index (κ3) is 3.80. The van der Waals surface area contributed by atoms with Crippen molar-refractivity contribution in [3.05, 3.63) is 65.0 Å². The van der Waals surface area contributed by atoms with Crippen molar-refractivity contribution in [2.24, 2.45) is 0 Å². The molecular weight excluding hydrogens is 380 g/mol. The van der Waals surface area contributed by atoms with Crippen LogP contribution in [-0.2, 0) is 13.0 Å². The summed E-state index contributed by atoms with van der Waals surface area (Å²) in [7, 11) is 0. The molecule has 0 radical (unpaired) electrons. The van der Waals surface area contributed by atoms with Gasteiger partial charge in [-0.05, 0) is 48.4 Å². The largest absolute Gasteiger partial charge is 0.493 e. The summed E-state index contributed by atoms with van der Waals surface area (Å²) < 4.78 is 10.8. The Balaban J connectivity index is 1.17. The van der Waals surface area contributed by atoms with E-state index in [0.29, 0.717) is 17.3 Å². The molecule has 154 valence electrons. The molecule has 7 heteroatoms. The fourth-order valence-electron chi connectivity index (χ4n) is 4.06. The average Bonchev–Trinajstić information content (AvgIpc) is 3.42. The van der Waals surface area contributed by atoms with E-state index >= 15 is 0 Å². The molecule has 2 aromatic carbocycles. The first kappa shape index (κ1) is 18.8. The maximum atomic E-state index is 12.9. The first-order valence-corrected chi connectivity index (χ1v) is 10.3. The highest BCUT2D eigenvalue weighted by Crippen LogP contribution is 2.26. The van der Waals surface area contributed by atoms with Gasteiger partial charge in [0.05, 0.1) is 6.61 Å². The van der Waals surface area contributed by atoms with Crippen molar-refractivity contribution in [3.63, 3.8) is 0 Å². The highest BCUT2D eigenvalue weighted by atomic mass is 16.5. The number of aromatic nitrogens is 2. The van der Waals surface area contributed by atoms with Crippen LogP contribution in [0.5, 0.6) is 5.75 Å². The van der Waals surface area contributed by atoms with Crippen LogP contribution in [-0.4, -0.2) is 58.6 Å². The van der Waals surface area contributed by atoms with Gasteiger partial charge in [0.25, 0.3) is 11.8 Å². The minimum atomic E-state index is 0.0672. The number of piperazine rings is 1. The van der Waals surface area contributed by atoms with Gasteiger partial charge in [0, 0.05) is 50.3 Å². The first-order valence-electron chi connectivity index (χ1n) is 10.3. The number of amides is 1. The van der Waals surface area contributed by atoms with Crippen molar-refractivity contribution < 1.29 is 14.1 Å². The van der Waals surface area contributed by atoms with E-state index in [1.807, 2.05) is 29.2 Å². The Hall–Kier alpha value is -3.19. The summed E-state index contributed by atoms with van der Waals surface area (Å²) in [6.45, 7) is 6.69. The van der Waals surface area contributed by atoms with Crippen LogP contribution in [0.2, 0.25) is 0 Å². The van der Waals surface area contributed by atoms with E-state index in [1.54, 1.807) is 6.92 Å². The van der Waals surface area contributed by atoms with Gasteiger partial charge in [-0.2, -0.15) is 4.98 Å². The van der Waals surface area contributed by atoms with E-state index < -0.39 is 0 Å². The maximum Gasteiger partial charge on any atom is 0.257 e.